The van der Waals surface area contributed by atoms with Crippen molar-refractivity contribution in [3.05, 3.63) is 33.9 Å². The largest absolute Gasteiger partial charge is 0.490 e. The first-order valence-electron chi connectivity index (χ1n) is 9.43. The van der Waals surface area contributed by atoms with Crippen molar-refractivity contribution >= 4 is 17.5 Å². The number of rotatable bonds is 13. The summed E-state index contributed by atoms with van der Waals surface area (Å²) < 4.78 is 5.70. The molecule has 11 heteroatoms. The second kappa shape index (κ2) is 11.8. The Kier molecular flexibility index (Phi) is 9.12. The van der Waals surface area contributed by atoms with Crippen LogP contribution in [0, 0.1) is 10.1 Å². The van der Waals surface area contributed by atoms with Gasteiger partial charge in [-0.15, -0.1) is 10.1 Å². The Bertz CT molecular complexity index is 713. The number of ether oxygens (including phenoxy) is 1. The SMILES string of the molecule is O=C(CCCO[N+](=O)[O-])NCCNCC(O)COc1cccc2c1CCC(=O)N2. The van der Waals surface area contributed by atoms with Crippen molar-refractivity contribution in [2.24, 2.45) is 0 Å². The smallest absolute Gasteiger partial charge is 0.294 e. The van der Waals surface area contributed by atoms with Crippen LogP contribution in [0.25, 0.3) is 0 Å². The minimum Gasteiger partial charge on any atom is -0.490 e. The summed E-state index contributed by atoms with van der Waals surface area (Å²) in [6, 6.07) is 5.42. The van der Waals surface area contributed by atoms with Crippen molar-refractivity contribution in [3.63, 3.8) is 0 Å². The standard InChI is InChI=1S/C18H26N4O7/c23-13(11-19-8-9-20-17(24)5-2-10-29-22(26)27)12-28-16-4-1-3-15-14(16)6-7-18(25)21-15/h1,3-4,13,19,23H,2,5-12H2,(H,20,24)(H,21,25). The van der Waals surface area contributed by atoms with Gasteiger partial charge in [0.1, 0.15) is 18.5 Å². The molecule has 1 aliphatic heterocycles. The third-order valence-corrected chi connectivity index (χ3v) is 4.19. The zero-order valence-electron chi connectivity index (χ0n) is 16.0. The lowest BCUT2D eigenvalue weighted by Gasteiger charge is -2.21. The van der Waals surface area contributed by atoms with Crippen LogP contribution in [-0.2, 0) is 20.8 Å². The lowest BCUT2D eigenvalue weighted by molar-refractivity contribution is -0.757. The molecule has 0 saturated carbocycles. The molecular formula is C18H26N4O7. The van der Waals surface area contributed by atoms with Gasteiger partial charge in [0.05, 0.1) is 6.61 Å². The van der Waals surface area contributed by atoms with Gasteiger partial charge in [0.15, 0.2) is 0 Å². The molecule has 4 N–H and O–H groups in total. The number of carbonyl (C=O) groups excluding carboxylic acids is 2. The number of fused-ring (bicyclic) bond motifs is 1. The van der Waals surface area contributed by atoms with Gasteiger partial charge in [0, 0.05) is 43.7 Å². The maximum Gasteiger partial charge on any atom is 0.294 e. The van der Waals surface area contributed by atoms with Crippen LogP contribution in [0.4, 0.5) is 5.69 Å². The van der Waals surface area contributed by atoms with Crippen LogP contribution < -0.4 is 20.7 Å². The maximum absolute atomic E-state index is 11.5. The topological polar surface area (TPSA) is 152 Å². The molecule has 1 aromatic carbocycles. The molecule has 160 valence electrons. The molecule has 1 aromatic rings. The molecule has 1 unspecified atom stereocenters. The molecule has 11 nitrogen and oxygen atoms in total. The molecule has 1 aliphatic rings. The van der Waals surface area contributed by atoms with Gasteiger partial charge in [-0.1, -0.05) is 6.07 Å². The van der Waals surface area contributed by atoms with Crippen LogP contribution in [0.3, 0.4) is 0 Å². The van der Waals surface area contributed by atoms with Crippen molar-refractivity contribution < 1.29 is 29.4 Å². The third kappa shape index (κ3) is 8.32. The Morgan fingerprint density at radius 2 is 2.17 bits per heavy atom. The van der Waals surface area contributed by atoms with Gasteiger partial charge in [-0.3, -0.25) is 9.59 Å². The summed E-state index contributed by atoms with van der Waals surface area (Å²) in [7, 11) is 0. The monoisotopic (exact) mass is 410 g/mol. The second-order valence-electron chi connectivity index (χ2n) is 6.51. The molecule has 0 bridgehead atoms. The molecule has 1 heterocycles. The lowest BCUT2D eigenvalue weighted by atomic mass is 10.0. The van der Waals surface area contributed by atoms with E-state index in [9.17, 15) is 24.8 Å². The van der Waals surface area contributed by atoms with Crippen molar-refractivity contribution in [2.45, 2.75) is 31.8 Å². The zero-order valence-corrected chi connectivity index (χ0v) is 16.0. The van der Waals surface area contributed by atoms with Crippen molar-refractivity contribution in [3.8, 4) is 5.75 Å². The number of aliphatic hydroxyl groups excluding tert-OH is 1. The van der Waals surface area contributed by atoms with E-state index >= 15 is 0 Å². The molecule has 0 spiro atoms. The predicted molar refractivity (Wildman–Crippen MR) is 103 cm³/mol. The van der Waals surface area contributed by atoms with Crippen LogP contribution in [0.15, 0.2) is 18.2 Å². The highest BCUT2D eigenvalue weighted by atomic mass is 16.9. The Balaban J connectivity index is 1.56. The molecule has 0 fully saturated rings. The van der Waals surface area contributed by atoms with Crippen LogP contribution in [0.5, 0.6) is 5.75 Å². The first kappa shape index (κ1) is 22.4. The highest BCUT2D eigenvalue weighted by Crippen LogP contribution is 2.31. The quantitative estimate of drug-likeness (QED) is 0.202. The summed E-state index contributed by atoms with van der Waals surface area (Å²) in [6.07, 6.45) is 0.684. The third-order valence-electron chi connectivity index (χ3n) is 4.19. The second-order valence-corrected chi connectivity index (χ2v) is 6.51. The Morgan fingerprint density at radius 1 is 1.34 bits per heavy atom. The highest BCUT2D eigenvalue weighted by molar-refractivity contribution is 5.94. The van der Waals surface area contributed by atoms with Gasteiger partial charge >= 0.3 is 0 Å². The number of hydrogen-bond donors (Lipinski definition) is 4. The van der Waals surface area contributed by atoms with Gasteiger partial charge in [-0.2, -0.15) is 0 Å². The Labute approximate surface area is 167 Å². The summed E-state index contributed by atoms with van der Waals surface area (Å²) in [4.78, 5) is 37.1. The Morgan fingerprint density at radius 3 is 2.97 bits per heavy atom. The van der Waals surface area contributed by atoms with E-state index in [0.29, 0.717) is 31.7 Å². The number of aliphatic hydroxyl groups is 1. The number of carbonyl (C=O) groups is 2. The van der Waals surface area contributed by atoms with Gasteiger partial charge < -0.3 is 30.6 Å². The van der Waals surface area contributed by atoms with E-state index < -0.39 is 11.2 Å². The Hall–Kier alpha value is -2.92. The van der Waals surface area contributed by atoms with E-state index in [1.165, 1.54) is 0 Å². The fourth-order valence-corrected chi connectivity index (χ4v) is 2.79. The maximum atomic E-state index is 11.5. The van der Waals surface area contributed by atoms with Gasteiger partial charge in [0.25, 0.3) is 5.09 Å². The predicted octanol–water partition coefficient (Wildman–Crippen LogP) is 0.00530. The average molecular weight is 410 g/mol. The number of hydrogen-bond acceptors (Lipinski definition) is 8. The molecule has 2 amide bonds. The molecule has 29 heavy (non-hydrogen) atoms. The van der Waals surface area contributed by atoms with Crippen LogP contribution in [0.2, 0.25) is 0 Å². The van der Waals surface area contributed by atoms with E-state index in [4.69, 9.17) is 4.74 Å². The summed E-state index contributed by atoms with van der Waals surface area (Å²) in [6.45, 7) is 1.11. The summed E-state index contributed by atoms with van der Waals surface area (Å²) in [5, 5.41) is 27.6. The molecule has 0 saturated heterocycles. The van der Waals surface area contributed by atoms with E-state index in [-0.39, 0.29) is 44.4 Å². The fraction of sp³-hybridized carbons (Fsp3) is 0.556. The lowest BCUT2D eigenvalue weighted by Crippen LogP contribution is -2.37. The molecule has 0 aromatic heterocycles. The minimum atomic E-state index is -0.888. The molecule has 0 radical (unpaired) electrons. The average Bonchev–Trinajstić information content (AvgIpc) is 2.69. The number of benzene rings is 1. The molecule has 0 aliphatic carbocycles. The zero-order chi connectivity index (χ0) is 21.1. The van der Waals surface area contributed by atoms with Crippen molar-refractivity contribution in [1.82, 2.24) is 10.6 Å². The minimum absolute atomic E-state index is 0.0177. The number of amides is 2. The number of anilines is 1. The van der Waals surface area contributed by atoms with Crippen LogP contribution in [-0.4, -0.2) is 61.0 Å². The van der Waals surface area contributed by atoms with Gasteiger partial charge in [0.2, 0.25) is 11.8 Å². The first-order valence-corrected chi connectivity index (χ1v) is 9.43. The normalized spacial score (nSPS) is 13.8. The molecule has 2 rings (SSSR count). The molecule has 1 atom stereocenters. The van der Waals surface area contributed by atoms with E-state index in [1.54, 1.807) is 6.07 Å². The van der Waals surface area contributed by atoms with Crippen molar-refractivity contribution in [2.75, 3.05) is 38.2 Å². The van der Waals surface area contributed by atoms with Crippen LogP contribution in [0.1, 0.15) is 24.8 Å². The van der Waals surface area contributed by atoms with E-state index in [0.717, 1.165) is 11.3 Å². The van der Waals surface area contributed by atoms with Crippen molar-refractivity contribution in [1.29, 1.82) is 0 Å². The molecular weight excluding hydrogens is 384 g/mol. The number of nitrogens with one attached hydrogen (secondary N) is 3. The summed E-state index contributed by atoms with van der Waals surface area (Å²) in [5.41, 5.74) is 1.67. The van der Waals surface area contributed by atoms with Gasteiger partial charge in [-0.05, 0) is 25.0 Å². The first-order chi connectivity index (χ1) is 14.0. The van der Waals surface area contributed by atoms with Crippen LogP contribution >= 0.6 is 0 Å². The summed E-state index contributed by atoms with van der Waals surface area (Å²) >= 11 is 0. The highest BCUT2D eigenvalue weighted by Gasteiger charge is 2.18. The van der Waals surface area contributed by atoms with E-state index in [1.807, 2.05) is 12.1 Å². The summed E-state index contributed by atoms with van der Waals surface area (Å²) in [5.74, 6) is 0.411. The fourth-order valence-electron chi connectivity index (χ4n) is 2.79. The van der Waals surface area contributed by atoms with Gasteiger partial charge in [-0.25, -0.2) is 0 Å². The van der Waals surface area contributed by atoms with E-state index in [2.05, 4.69) is 20.8 Å². The number of nitrogens with zero attached hydrogens (tertiary/aromatic N) is 1.